The van der Waals surface area contributed by atoms with E-state index in [1.54, 1.807) is 7.11 Å². The van der Waals surface area contributed by atoms with Gasteiger partial charge in [0, 0.05) is 51.4 Å². The molecule has 1 aromatic heterocycles. The molecule has 2 N–H and O–H groups in total. The fourth-order valence-electron chi connectivity index (χ4n) is 4.51. The molecule has 4 rings (SSSR count). The van der Waals surface area contributed by atoms with E-state index >= 15 is 0 Å². The number of nitrogens with one attached hydrogen (secondary N) is 2. The van der Waals surface area contributed by atoms with E-state index in [2.05, 4.69) is 28.7 Å². The first kappa shape index (κ1) is 18.1. The maximum Gasteiger partial charge on any atom is 0.156 e. The van der Waals surface area contributed by atoms with Crippen molar-refractivity contribution in [3.8, 4) is 0 Å². The molecule has 3 fully saturated rings. The van der Waals surface area contributed by atoms with E-state index in [0.717, 1.165) is 62.5 Å². The molecule has 4 heterocycles. The van der Waals surface area contributed by atoms with Gasteiger partial charge in [-0.25, -0.2) is 9.97 Å². The Bertz CT molecular complexity index is 600. The summed E-state index contributed by atoms with van der Waals surface area (Å²) in [4.78, 5) is 11.9. The monoisotopic (exact) mass is 361 g/mol. The zero-order chi connectivity index (χ0) is 17.9. The molecular weight excluding hydrogens is 330 g/mol. The Morgan fingerprint density at radius 3 is 2.77 bits per heavy atom. The van der Waals surface area contributed by atoms with Gasteiger partial charge < -0.3 is 14.4 Å². The molecule has 0 bridgehead atoms. The molecule has 0 spiro atoms. The van der Waals surface area contributed by atoms with Crippen molar-refractivity contribution in [1.82, 2.24) is 20.8 Å². The number of hydrogen-bond donors (Lipinski definition) is 2. The lowest BCUT2D eigenvalue weighted by atomic mass is 9.84. The molecule has 0 amide bonds. The summed E-state index contributed by atoms with van der Waals surface area (Å²) in [6.07, 6.45) is 3.45. The Morgan fingerprint density at radius 1 is 1.27 bits per heavy atom. The summed E-state index contributed by atoms with van der Waals surface area (Å²) < 4.78 is 10.9. The maximum atomic E-state index is 5.56. The first-order chi connectivity index (χ1) is 12.7. The van der Waals surface area contributed by atoms with Gasteiger partial charge in [0.1, 0.15) is 12.4 Å². The number of anilines is 1. The van der Waals surface area contributed by atoms with Crippen LogP contribution in [0.2, 0.25) is 0 Å². The third kappa shape index (κ3) is 3.86. The van der Waals surface area contributed by atoms with Crippen LogP contribution in [-0.4, -0.2) is 56.0 Å². The highest BCUT2D eigenvalue weighted by molar-refractivity contribution is 5.41. The molecule has 3 aliphatic heterocycles. The van der Waals surface area contributed by atoms with Gasteiger partial charge in [-0.05, 0) is 31.1 Å². The molecule has 144 valence electrons. The lowest BCUT2D eigenvalue weighted by Crippen LogP contribution is -2.44. The number of ether oxygens (including phenoxy) is 2. The van der Waals surface area contributed by atoms with Crippen LogP contribution in [0.4, 0.5) is 5.82 Å². The van der Waals surface area contributed by atoms with Crippen molar-refractivity contribution in [2.45, 2.75) is 44.8 Å². The summed E-state index contributed by atoms with van der Waals surface area (Å²) in [6.45, 7) is 7.57. The zero-order valence-electron chi connectivity index (χ0n) is 15.9. The van der Waals surface area contributed by atoms with E-state index in [4.69, 9.17) is 19.4 Å². The van der Waals surface area contributed by atoms with E-state index in [-0.39, 0.29) is 0 Å². The molecule has 3 saturated heterocycles. The molecule has 26 heavy (non-hydrogen) atoms. The summed E-state index contributed by atoms with van der Waals surface area (Å²) in [5.41, 5.74) is 7.90. The molecule has 7 heteroatoms. The minimum absolute atomic E-state index is 0.388. The van der Waals surface area contributed by atoms with Gasteiger partial charge in [0.2, 0.25) is 0 Å². The van der Waals surface area contributed by atoms with Gasteiger partial charge in [0.05, 0.1) is 12.3 Å². The van der Waals surface area contributed by atoms with Crippen LogP contribution in [0.25, 0.3) is 0 Å². The first-order valence-electron chi connectivity index (χ1n) is 9.92. The quantitative estimate of drug-likeness (QED) is 0.822. The third-order valence-electron chi connectivity index (χ3n) is 6.08. The van der Waals surface area contributed by atoms with Crippen molar-refractivity contribution in [1.29, 1.82) is 0 Å². The predicted octanol–water partition coefficient (Wildman–Crippen LogP) is 1.46. The molecule has 1 aromatic rings. The Balaban J connectivity index is 1.46. The van der Waals surface area contributed by atoms with Gasteiger partial charge in [-0.15, -0.1) is 0 Å². The standard InChI is InChI=1S/C19H31N5O2/c1-13-10-20-23-19(13)14-3-6-24(7-4-14)18-9-16(15-5-8-26-11-15)21-17(22-18)12-25-2/h9,13-15,19-20,23H,3-8,10-12H2,1-2H3. The molecular formula is C19H31N5O2. The Kier molecular flexibility index (Phi) is 5.69. The van der Waals surface area contributed by atoms with Crippen molar-refractivity contribution in [2.24, 2.45) is 11.8 Å². The summed E-state index contributed by atoms with van der Waals surface area (Å²) in [7, 11) is 1.70. The van der Waals surface area contributed by atoms with Crippen molar-refractivity contribution in [3.05, 3.63) is 17.6 Å². The number of hydrazine groups is 1. The van der Waals surface area contributed by atoms with Gasteiger partial charge >= 0.3 is 0 Å². The van der Waals surface area contributed by atoms with Crippen LogP contribution in [0.5, 0.6) is 0 Å². The predicted molar refractivity (Wildman–Crippen MR) is 99.9 cm³/mol. The fraction of sp³-hybridized carbons (Fsp3) is 0.789. The number of methoxy groups -OCH3 is 1. The van der Waals surface area contributed by atoms with Crippen LogP contribution >= 0.6 is 0 Å². The van der Waals surface area contributed by atoms with Gasteiger partial charge in [-0.3, -0.25) is 10.9 Å². The van der Waals surface area contributed by atoms with Gasteiger partial charge in [0.15, 0.2) is 5.82 Å². The lowest BCUT2D eigenvalue weighted by molar-refractivity contribution is 0.177. The first-order valence-corrected chi connectivity index (χ1v) is 9.92. The van der Waals surface area contributed by atoms with Crippen molar-refractivity contribution >= 4 is 5.82 Å². The Hall–Kier alpha value is -1.28. The smallest absolute Gasteiger partial charge is 0.156 e. The average molecular weight is 361 g/mol. The van der Waals surface area contributed by atoms with Crippen LogP contribution in [0.1, 0.15) is 43.6 Å². The minimum Gasteiger partial charge on any atom is -0.381 e. The highest BCUT2D eigenvalue weighted by atomic mass is 16.5. The van der Waals surface area contributed by atoms with E-state index in [1.807, 2.05) is 0 Å². The number of hydrogen-bond acceptors (Lipinski definition) is 7. The van der Waals surface area contributed by atoms with Crippen LogP contribution < -0.4 is 15.8 Å². The van der Waals surface area contributed by atoms with Crippen molar-refractivity contribution in [3.63, 3.8) is 0 Å². The molecule has 0 radical (unpaired) electrons. The molecule has 0 aromatic carbocycles. The van der Waals surface area contributed by atoms with Gasteiger partial charge in [-0.2, -0.15) is 0 Å². The molecule has 3 unspecified atom stereocenters. The van der Waals surface area contributed by atoms with E-state index in [9.17, 15) is 0 Å². The summed E-state index contributed by atoms with van der Waals surface area (Å²) in [5.74, 6) is 3.66. The lowest BCUT2D eigenvalue weighted by Gasteiger charge is -2.36. The molecule has 3 aliphatic rings. The van der Waals surface area contributed by atoms with E-state index in [1.165, 1.54) is 12.8 Å². The van der Waals surface area contributed by atoms with Gasteiger partial charge in [0.25, 0.3) is 0 Å². The highest BCUT2D eigenvalue weighted by Gasteiger charge is 2.33. The molecule has 0 saturated carbocycles. The van der Waals surface area contributed by atoms with Crippen LogP contribution in [0, 0.1) is 11.8 Å². The normalized spacial score (nSPS) is 30.2. The SMILES string of the molecule is COCc1nc(C2CCOC2)cc(N2CCC(C3NNCC3C)CC2)n1. The van der Waals surface area contributed by atoms with Crippen molar-refractivity contribution < 1.29 is 9.47 Å². The Labute approximate surface area is 155 Å². The second-order valence-corrected chi connectivity index (χ2v) is 7.91. The zero-order valence-corrected chi connectivity index (χ0v) is 15.9. The molecule has 0 aliphatic carbocycles. The summed E-state index contributed by atoms with van der Waals surface area (Å²) in [6, 6.07) is 2.77. The number of nitrogens with zero attached hydrogens (tertiary/aromatic N) is 3. The summed E-state index contributed by atoms with van der Waals surface area (Å²) >= 11 is 0. The topological polar surface area (TPSA) is 71.5 Å². The molecule has 3 atom stereocenters. The third-order valence-corrected chi connectivity index (χ3v) is 6.08. The van der Waals surface area contributed by atoms with Crippen LogP contribution in [0.3, 0.4) is 0 Å². The second kappa shape index (κ2) is 8.17. The largest absolute Gasteiger partial charge is 0.381 e. The van der Waals surface area contributed by atoms with Crippen molar-refractivity contribution in [2.75, 3.05) is 44.9 Å². The van der Waals surface area contributed by atoms with Crippen LogP contribution in [-0.2, 0) is 16.1 Å². The number of rotatable bonds is 5. The average Bonchev–Trinajstić information content (AvgIpc) is 3.34. The van der Waals surface area contributed by atoms with Gasteiger partial charge in [-0.1, -0.05) is 6.92 Å². The number of piperidine rings is 1. The molecule has 7 nitrogen and oxygen atoms in total. The summed E-state index contributed by atoms with van der Waals surface area (Å²) in [5, 5.41) is 0. The second-order valence-electron chi connectivity index (χ2n) is 7.91. The Morgan fingerprint density at radius 2 is 2.12 bits per heavy atom. The highest BCUT2D eigenvalue weighted by Crippen LogP contribution is 2.30. The maximum absolute atomic E-state index is 5.56. The van der Waals surface area contributed by atoms with E-state index in [0.29, 0.717) is 24.5 Å². The number of aromatic nitrogens is 2. The minimum atomic E-state index is 0.388. The van der Waals surface area contributed by atoms with E-state index < -0.39 is 0 Å². The fourth-order valence-corrected chi connectivity index (χ4v) is 4.51. The van der Waals surface area contributed by atoms with Crippen LogP contribution in [0.15, 0.2) is 6.07 Å².